The average Bonchev–Trinajstić information content (AvgIpc) is 2.87. The van der Waals surface area contributed by atoms with Crippen LogP contribution in [-0.4, -0.2) is 43.9 Å². The molecule has 0 atom stereocenters. The number of carbonyl (C=O) groups excluding carboxylic acids is 1. The Morgan fingerprint density at radius 2 is 2.11 bits per heavy atom. The predicted molar refractivity (Wildman–Crippen MR) is 57.5 cm³/mol. The van der Waals surface area contributed by atoms with Crippen molar-refractivity contribution in [2.75, 3.05) is 7.11 Å². The van der Waals surface area contributed by atoms with Gasteiger partial charge in [0.1, 0.15) is 12.0 Å². The number of methoxy groups -OCH3 is 1. The lowest BCUT2D eigenvalue weighted by atomic mass is 10.3. The Kier molecular flexibility index (Phi) is 3.00. The van der Waals surface area contributed by atoms with Crippen molar-refractivity contribution in [2.45, 2.75) is 0 Å². The fourth-order valence-corrected chi connectivity index (χ4v) is 1.22. The molecule has 2 heterocycles. The van der Waals surface area contributed by atoms with E-state index >= 15 is 0 Å². The number of carbonyl (C=O) groups is 2. The van der Waals surface area contributed by atoms with E-state index in [1.807, 2.05) is 0 Å². The van der Waals surface area contributed by atoms with Gasteiger partial charge in [-0.05, 0) is 12.1 Å². The molecule has 0 unspecified atom stereocenters. The van der Waals surface area contributed by atoms with Gasteiger partial charge in [-0.1, -0.05) is 0 Å². The van der Waals surface area contributed by atoms with E-state index in [9.17, 15) is 9.59 Å². The number of pyridine rings is 1. The summed E-state index contributed by atoms with van der Waals surface area (Å²) in [4.78, 5) is 29.2. The maximum atomic E-state index is 11.1. The largest absolute Gasteiger partial charge is 0.477 e. The minimum atomic E-state index is -1.12. The second kappa shape index (κ2) is 4.62. The summed E-state index contributed by atoms with van der Waals surface area (Å²) in [5.41, 5.74) is 0.412. The molecule has 0 saturated carbocycles. The summed E-state index contributed by atoms with van der Waals surface area (Å²) < 4.78 is 5.76. The van der Waals surface area contributed by atoms with Gasteiger partial charge < -0.3 is 9.84 Å². The second-order valence-corrected chi connectivity index (χ2v) is 3.21. The van der Waals surface area contributed by atoms with Crippen molar-refractivity contribution in [1.82, 2.24) is 19.7 Å². The van der Waals surface area contributed by atoms with E-state index in [-0.39, 0.29) is 11.5 Å². The highest BCUT2D eigenvalue weighted by Crippen LogP contribution is 2.06. The van der Waals surface area contributed by atoms with Crippen molar-refractivity contribution in [3.8, 4) is 5.69 Å². The minimum Gasteiger partial charge on any atom is -0.477 e. The number of nitrogens with zero attached hydrogens (tertiary/aromatic N) is 4. The maximum absolute atomic E-state index is 11.1. The molecule has 0 spiro atoms. The third-order valence-electron chi connectivity index (χ3n) is 2.09. The highest BCUT2D eigenvalue weighted by Gasteiger charge is 2.12. The second-order valence-electron chi connectivity index (χ2n) is 3.21. The van der Waals surface area contributed by atoms with Gasteiger partial charge >= 0.3 is 11.9 Å². The van der Waals surface area contributed by atoms with E-state index in [2.05, 4.69) is 19.8 Å². The van der Waals surface area contributed by atoms with Crippen LogP contribution in [-0.2, 0) is 4.74 Å². The minimum absolute atomic E-state index is 0.0768. The maximum Gasteiger partial charge on any atom is 0.377 e. The van der Waals surface area contributed by atoms with E-state index in [1.165, 1.54) is 36.4 Å². The van der Waals surface area contributed by atoms with Crippen LogP contribution in [0.4, 0.5) is 0 Å². The van der Waals surface area contributed by atoms with Gasteiger partial charge in [-0.25, -0.2) is 24.2 Å². The normalized spacial score (nSPS) is 10.1. The summed E-state index contributed by atoms with van der Waals surface area (Å²) in [5, 5.41) is 12.6. The number of aromatic carboxylic acids is 1. The van der Waals surface area contributed by atoms with Crippen molar-refractivity contribution in [3.05, 3.63) is 36.2 Å². The first-order valence-electron chi connectivity index (χ1n) is 4.81. The van der Waals surface area contributed by atoms with Gasteiger partial charge in [-0.3, -0.25) is 0 Å². The summed E-state index contributed by atoms with van der Waals surface area (Å²) in [7, 11) is 1.23. The molecule has 0 fully saturated rings. The van der Waals surface area contributed by atoms with Crippen LogP contribution in [0.25, 0.3) is 5.69 Å². The fraction of sp³-hybridized carbons (Fsp3) is 0.100. The number of aromatic nitrogens is 4. The summed E-state index contributed by atoms with van der Waals surface area (Å²) in [6, 6.07) is 2.84. The van der Waals surface area contributed by atoms with Crippen LogP contribution < -0.4 is 0 Å². The van der Waals surface area contributed by atoms with Crippen LogP contribution in [0, 0.1) is 0 Å². The van der Waals surface area contributed by atoms with E-state index in [4.69, 9.17) is 5.11 Å². The van der Waals surface area contributed by atoms with Crippen molar-refractivity contribution >= 4 is 11.9 Å². The molecular formula is C10H8N4O4. The van der Waals surface area contributed by atoms with E-state index in [0.29, 0.717) is 5.69 Å². The average molecular weight is 248 g/mol. The molecule has 92 valence electrons. The number of hydrogen-bond donors (Lipinski definition) is 1. The highest BCUT2D eigenvalue weighted by molar-refractivity contribution is 5.85. The van der Waals surface area contributed by atoms with Crippen LogP contribution in [0.15, 0.2) is 24.7 Å². The van der Waals surface area contributed by atoms with Gasteiger partial charge in [-0.15, -0.1) is 5.10 Å². The quantitative estimate of drug-likeness (QED) is 0.770. The molecule has 8 heteroatoms. The molecule has 0 saturated heterocycles. The number of rotatable bonds is 3. The number of ether oxygens (including phenoxy) is 1. The summed E-state index contributed by atoms with van der Waals surface area (Å²) in [6.07, 6.45) is 2.63. The Morgan fingerprint density at radius 1 is 1.33 bits per heavy atom. The van der Waals surface area contributed by atoms with Crippen LogP contribution in [0.2, 0.25) is 0 Å². The van der Waals surface area contributed by atoms with Gasteiger partial charge in [0.25, 0.3) is 5.82 Å². The van der Waals surface area contributed by atoms with E-state index in [0.717, 1.165) is 0 Å². The number of carboxylic acids is 1. The molecule has 2 rings (SSSR count). The predicted octanol–water partition coefficient (Wildman–Crippen LogP) is 0.147. The standard InChI is InChI=1S/C10H8N4O4/c1-18-10(17)8-12-5-14(13-8)6-2-3-7(9(15)16)11-4-6/h2-5H,1H3,(H,15,16). The molecule has 0 aromatic carbocycles. The molecule has 0 aliphatic rings. The Balaban J connectivity index is 2.29. The first-order chi connectivity index (χ1) is 8.61. The Labute approximate surface area is 101 Å². The number of hydrogen-bond acceptors (Lipinski definition) is 6. The van der Waals surface area contributed by atoms with E-state index in [1.54, 1.807) is 0 Å². The molecule has 1 N–H and O–H groups in total. The van der Waals surface area contributed by atoms with Gasteiger partial charge in [0, 0.05) is 0 Å². The lowest BCUT2D eigenvalue weighted by molar-refractivity contribution is 0.0586. The van der Waals surface area contributed by atoms with Crippen LogP contribution in [0.5, 0.6) is 0 Å². The fourth-order valence-electron chi connectivity index (χ4n) is 1.22. The summed E-state index contributed by atoms with van der Waals surface area (Å²) in [6.45, 7) is 0. The topological polar surface area (TPSA) is 107 Å². The first kappa shape index (κ1) is 11.7. The first-order valence-corrected chi connectivity index (χ1v) is 4.81. The highest BCUT2D eigenvalue weighted by atomic mass is 16.5. The smallest absolute Gasteiger partial charge is 0.377 e. The van der Waals surface area contributed by atoms with Gasteiger partial charge in [0.05, 0.1) is 19.0 Å². The molecule has 0 radical (unpaired) electrons. The van der Waals surface area contributed by atoms with Crippen LogP contribution in [0.1, 0.15) is 21.1 Å². The SMILES string of the molecule is COC(=O)c1ncn(-c2ccc(C(=O)O)nc2)n1. The number of carboxylic acid groups (broad SMARTS) is 1. The molecule has 2 aromatic rings. The molecule has 18 heavy (non-hydrogen) atoms. The lowest BCUT2D eigenvalue weighted by Gasteiger charge is -1.99. The molecule has 8 nitrogen and oxygen atoms in total. The van der Waals surface area contributed by atoms with Gasteiger partial charge in [-0.2, -0.15) is 0 Å². The molecule has 2 aromatic heterocycles. The molecule has 0 aliphatic carbocycles. The Hall–Kier alpha value is -2.77. The van der Waals surface area contributed by atoms with Crippen molar-refractivity contribution in [1.29, 1.82) is 0 Å². The van der Waals surface area contributed by atoms with Crippen molar-refractivity contribution in [3.63, 3.8) is 0 Å². The van der Waals surface area contributed by atoms with Crippen LogP contribution >= 0.6 is 0 Å². The van der Waals surface area contributed by atoms with Crippen LogP contribution in [0.3, 0.4) is 0 Å². The molecule has 0 bridgehead atoms. The van der Waals surface area contributed by atoms with Gasteiger partial charge in [0.15, 0.2) is 0 Å². The van der Waals surface area contributed by atoms with Crippen molar-refractivity contribution < 1.29 is 19.4 Å². The number of esters is 1. The molecular weight excluding hydrogens is 240 g/mol. The van der Waals surface area contributed by atoms with Crippen molar-refractivity contribution in [2.24, 2.45) is 0 Å². The Bertz CT molecular complexity index is 590. The third-order valence-corrected chi connectivity index (χ3v) is 2.09. The molecule has 0 amide bonds. The lowest BCUT2D eigenvalue weighted by Crippen LogP contribution is -2.06. The zero-order valence-corrected chi connectivity index (χ0v) is 9.27. The van der Waals surface area contributed by atoms with Gasteiger partial charge in [0.2, 0.25) is 0 Å². The zero-order chi connectivity index (χ0) is 13.1. The monoisotopic (exact) mass is 248 g/mol. The van der Waals surface area contributed by atoms with E-state index < -0.39 is 11.9 Å². The Morgan fingerprint density at radius 3 is 2.67 bits per heavy atom. The summed E-state index contributed by atoms with van der Waals surface area (Å²) >= 11 is 0. The summed E-state index contributed by atoms with van der Waals surface area (Å²) in [5.74, 6) is -1.85. The zero-order valence-electron chi connectivity index (χ0n) is 9.27. The molecule has 0 aliphatic heterocycles. The third kappa shape index (κ3) is 2.17.